The molecule has 1 fully saturated rings. The Bertz CT molecular complexity index is 197. The molecule has 2 atom stereocenters. The molecule has 1 amide bonds. The molecule has 0 radical (unpaired) electrons. The van der Waals surface area contributed by atoms with Crippen LogP contribution in [0.15, 0.2) is 0 Å². The van der Waals surface area contributed by atoms with Crippen molar-refractivity contribution in [3.63, 3.8) is 0 Å². The minimum atomic E-state index is 0.134. The van der Waals surface area contributed by atoms with Gasteiger partial charge in [-0.2, -0.15) is 0 Å². The fraction of sp³-hybridized carbons (Fsp3) is 0.909. The third-order valence-electron chi connectivity index (χ3n) is 2.87. The van der Waals surface area contributed by atoms with Crippen LogP contribution in [0.3, 0.4) is 0 Å². The van der Waals surface area contributed by atoms with Crippen LogP contribution in [0, 0.1) is 5.92 Å². The highest BCUT2D eigenvalue weighted by Gasteiger charge is 2.24. The molecule has 1 saturated heterocycles. The molecule has 2 unspecified atom stereocenters. The van der Waals surface area contributed by atoms with Crippen molar-refractivity contribution in [1.82, 2.24) is 10.6 Å². The van der Waals surface area contributed by atoms with Crippen LogP contribution in [-0.2, 0) is 9.53 Å². The second-order valence-electron chi connectivity index (χ2n) is 4.03. The maximum atomic E-state index is 11.4. The van der Waals surface area contributed by atoms with Crippen LogP contribution in [0.1, 0.15) is 26.7 Å². The summed E-state index contributed by atoms with van der Waals surface area (Å²) < 4.78 is 5.43. The molecule has 4 heteroatoms. The first-order valence-electron chi connectivity index (χ1n) is 5.83. The number of hydrogen-bond acceptors (Lipinski definition) is 3. The Morgan fingerprint density at radius 3 is 2.93 bits per heavy atom. The molecule has 0 saturated carbocycles. The molecular weight excluding hydrogens is 192 g/mol. The molecular formula is C11H22N2O2. The van der Waals surface area contributed by atoms with Gasteiger partial charge in [0.25, 0.3) is 0 Å². The fourth-order valence-electron chi connectivity index (χ4n) is 1.76. The van der Waals surface area contributed by atoms with Crippen molar-refractivity contribution in [1.29, 1.82) is 0 Å². The first kappa shape index (κ1) is 12.5. The molecule has 0 aromatic carbocycles. The molecule has 0 spiro atoms. The third-order valence-corrected chi connectivity index (χ3v) is 2.87. The van der Waals surface area contributed by atoms with Crippen molar-refractivity contribution >= 4 is 5.91 Å². The van der Waals surface area contributed by atoms with E-state index < -0.39 is 0 Å². The van der Waals surface area contributed by atoms with E-state index >= 15 is 0 Å². The highest BCUT2D eigenvalue weighted by molar-refractivity contribution is 5.76. The molecule has 1 heterocycles. The lowest BCUT2D eigenvalue weighted by Crippen LogP contribution is -2.33. The van der Waals surface area contributed by atoms with Gasteiger partial charge < -0.3 is 15.4 Å². The number of carbonyl (C=O) groups excluding carboxylic acids is 1. The average molecular weight is 214 g/mol. The molecule has 4 nitrogen and oxygen atoms in total. The SMILES string of the molecule is CCNCCC(=O)NCC1CCOC1C. The van der Waals surface area contributed by atoms with E-state index in [9.17, 15) is 4.79 Å². The van der Waals surface area contributed by atoms with Crippen molar-refractivity contribution in [3.8, 4) is 0 Å². The molecule has 2 N–H and O–H groups in total. The number of nitrogens with one attached hydrogen (secondary N) is 2. The summed E-state index contributed by atoms with van der Waals surface area (Å²) in [5.41, 5.74) is 0. The van der Waals surface area contributed by atoms with Crippen LogP contribution in [-0.4, -0.2) is 38.3 Å². The summed E-state index contributed by atoms with van der Waals surface area (Å²) in [5.74, 6) is 0.628. The van der Waals surface area contributed by atoms with Gasteiger partial charge in [0.15, 0.2) is 0 Å². The predicted octanol–water partition coefficient (Wildman–Crippen LogP) is 0.527. The second-order valence-corrected chi connectivity index (χ2v) is 4.03. The summed E-state index contributed by atoms with van der Waals surface area (Å²) in [6.07, 6.45) is 1.92. The van der Waals surface area contributed by atoms with Crippen LogP contribution in [0.25, 0.3) is 0 Å². The maximum Gasteiger partial charge on any atom is 0.221 e. The van der Waals surface area contributed by atoms with Gasteiger partial charge in [0.2, 0.25) is 5.91 Å². The second kappa shape index (κ2) is 6.80. The fourth-order valence-corrected chi connectivity index (χ4v) is 1.76. The largest absolute Gasteiger partial charge is 0.378 e. The van der Waals surface area contributed by atoms with Gasteiger partial charge in [0.1, 0.15) is 0 Å². The van der Waals surface area contributed by atoms with Gasteiger partial charge >= 0.3 is 0 Å². The van der Waals surface area contributed by atoms with Crippen LogP contribution in [0.4, 0.5) is 0 Å². The summed E-state index contributed by atoms with van der Waals surface area (Å²) in [5, 5.41) is 6.09. The predicted molar refractivity (Wildman–Crippen MR) is 59.7 cm³/mol. The van der Waals surface area contributed by atoms with Crippen LogP contribution in [0.2, 0.25) is 0 Å². The summed E-state index contributed by atoms with van der Waals surface area (Å²) in [4.78, 5) is 11.4. The topological polar surface area (TPSA) is 50.4 Å². The normalized spacial score (nSPS) is 25.5. The quantitative estimate of drug-likeness (QED) is 0.634. The molecule has 1 aliphatic rings. The smallest absolute Gasteiger partial charge is 0.221 e. The number of carbonyl (C=O) groups is 1. The zero-order valence-corrected chi connectivity index (χ0v) is 9.71. The van der Waals surface area contributed by atoms with Crippen LogP contribution >= 0.6 is 0 Å². The van der Waals surface area contributed by atoms with E-state index in [1.165, 1.54) is 0 Å². The van der Waals surface area contributed by atoms with Gasteiger partial charge in [-0.15, -0.1) is 0 Å². The van der Waals surface area contributed by atoms with Crippen LogP contribution < -0.4 is 10.6 Å². The van der Waals surface area contributed by atoms with E-state index in [0.717, 1.165) is 32.7 Å². The molecule has 0 aliphatic carbocycles. The minimum Gasteiger partial charge on any atom is -0.378 e. The summed E-state index contributed by atoms with van der Waals surface area (Å²) in [6.45, 7) is 7.38. The van der Waals surface area contributed by atoms with Gasteiger partial charge in [-0.3, -0.25) is 4.79 Å². The Morgan fingerprint density at radius 1 is 1.53 bits per heavy atom. The number of amides is 1. The van der Waals surface area contributed by atoms with Crippen molar-refractivity contribution in [2.45, 2.75) is 32.8 Å². The first-order valence-corrected chi connectivity index (χ1v) is 5.83. The lowest BCUT2D eigenvalue weighted by atomic mass is 10.0. The van der Waals surface area contributed by atoms with E-state index in [1.807, 2.05) is 6.92 Å². The molecule has 15 heavy (non-hydrogen) atoms. The highest BCUT2D eigenvalue weighted by Crippen LogP contribution is 2.19. The third kappa shape index (κ3) is 4.62. The van der Waals surface area contributed by atoms with Crippen molar-refractivity contribution in [3.05, 3.63) is 0 Å². The molecule has 1 rings (SSSR count). The van der Waals surface area contributed by atoms with Gasteiger partial charge in [-0.05, 0) is 19.9 Å². The summed E-state index contributed by atoms with van der Waals surface area (Å²) in [6, 6.07) is 0. The van der Waals surface area contributed by atoms with Crippen LogP contribution in [0.5, 0.6) is 0 Å². The molecule has 1 aliphatic heterocycles. The molecule has 88 valence electrons. The molecule has 0 bridgehead atoms. The minimum absolute atomic E-state index is 0.134. The van der Waals surface area contributed by atoms with E-state index in [-0.39, 0.29) is 5.91 Å². The number of ether oxygens (including phenoxy) is 1. The molecule has 0 aromatic heterocycles. The van der Waals surface area contributed by atoms with Gasteiger partial charge in [-0.25, -0.2) is 0 Å². The zero-order valence-electron chi connectivity index (χ0n) is 9.71. The standard InChI is InChI=1S/C11H22N2O2/c1-3-12-6-4-11(14)13-8-10-5-7-15-9(10)2/h9-10,12H,3-8H2,1-2H3,(H,13,14). The van der Waals surface area contributed by atoms with E-state index in [1.54, 1.807) is 0 Å². The number of rotatable bonds is 6. The van der Waals surface area contributed by atoms with E-state index in [2.05, 4.69) is 17.6 Å². The Morgan fingerprint density at radius 2 is 2.33 bits per heavy atom. The van der Waals surface area contributed by atoms with Crippen molar-refractivity contribution in [2.75, 3.05) is 26.2 Å². The zero-order chi connectivity index (χ0) is 11.1. The van der Waals surface area contributed by atoms with Crippen molar-refractivity contribution < 1.29 is 9.53 Å². The molecule has 0 aromatic rings. The maximum absolute atomic E-state index is 11.4. The number of hydrogen-bond donors (Lipinski definition) is 2. The van der Waals surface area contributed by atoms with Gasteiger partial charge in [0, 0.05) is 32.0 Å². The van der Waals surface area contributed by atoms with E-state index in [0.29, 0.717) is 18.4 Å². The average Bonchev–Trinajstić information content (AvgIpc) is 2.61. The first-order chi connectivity index (χ1) is 7.24. The Labute approximate surface area is 91.8 Å². The van der Waals surface area contributed by atoms with Gasteiger partial charge in [0.05, 0.1) is 6.10 Å². The Balaban J connectivity index is 2.05. The van der Waals surface area contributed by atoms with Crippen molar-refractivity contribution in [2.24, 2.45) is 5.92 Å². The summed E-state index contributed by atoms with van der Waals surface area (Å²) >= 11 is 0. The highest BCUT2D eigenvalue weighted by atomic mass is 16.5. The van der Waals surface area contributed by atoms with E-state index in [4.69, 9.17) is 4.74 Å². The lowest BCUT2D eigenvalue weighted by Gasteiger charge is -2.14. The Kier molecular flexibility index (Phi) is 5.65. The summed E-state index contributed by atoms with van der Waals surface area (Å²) in [7, 11) is 0. The Hall–Kier alpha value is -0.610. The lowest BCUT2D eigenvalue weighted by molar-refractivity contribution is -0.121. The van der Waals surface area contributed by atoms with Gasteiger partial charge in [-0.1, -0.05) is 6.92 Å². The monoisotopic (exact) mass is 214 g/mol.